The number of anilines is 1. The van der Waals surface area contributed by atoms with Crippen LogP contribution in [0.4, 0.5) is 10.1 Å². The molecule has 0 spiro atoms. The number of aromatic nitrogens is 4. The van der Waals surface area contributed by atoms with E-state index < -0.39 is 0 Å². The number of rotatable bonds is 3. The van der Waals surface area contributed by atoms with Gasteiger partial charge in [0.2, 0.25) is 0 Å². The van der Waals surface area contributed by atoms with Gasteiger partial charge in [-0.25, -0.2) is 9.07 Å². The minimum atomic E-state index is -0.373. The summed E-state index contributed by atoms with van der Waals surface area (Å²) in [6, 6.07) is 11.1. The molecule has 0 unspecified atom stereocenters. The van der Waals surface area contributed by atoms with Crippen molar-refractivity contribution in [2.24, 2.45) is 0 Å². The van der Waals surface area contributed by atoms with Crippen molar-refractivity contribution in [1.82, 2.24) is 20.2 Å². The lowest BCUT2D eigenvalue weighted by atomic mass is 10.2. The largest absolute Gasteiger partial charge is 0.322 e. The van der Waals surface area contributed by atoms with Gasteiger partial charge in [0.1, 0.15) is 12.1 Å². The third kappa shape index (κ3) is 3.11. The second-order valence-electron chi connectivity index (χ2n) is 4.38. The van der Waals surface area contributed by atoms with E-state index in [4.69, 9.17) is 0 Å². The fourth-order valence-electron chi connectivity index (χ4n) is 1.88. The lowest BCUT2D eigenvalue weighted by molar-refractivity contribution is 0.102. The number of nitrogens with one attached hydrogen (secondary N) is 1. The van der Waals surface area contributed by atoms with Crippen molar-refractivity contribution in [2.45, 2.75) is 0 Å². The molecular formula is C14H9FIN5O. The highest BCUT2D eigenvalue weighted by Crippen LogP contribution is 2.18. The van der Waals surface area contributed by atoms with Crippen LogP contribution in [0.3, 0.4) is 0 Å². The SMILES string of the molecule is O=C(Nc1cccc(-n2cnnn2)c1)c1ccc(F)cc1I. The Balaban J connectivity index is 1.84. The van der Waals surface area contributed by atoms with Crippen LogP contribution in [0.1, 0.15) is 10.4 Å². The topological polar surface area (TPSA) is 72.7 Å². The number of hydrogen-bond acceptors (Lipinski definition) is 4. The molecule has 0 atom stereocenters. The molecule has 0 saturated carbocycles. The standard InChI is InChI=1S/C14H9FIN5O/c15-9-4-5-12(13(16)6-9)14(22)18-10-2-1-3-11(7-10)21-8-17-19-20-21/h1-8H,(H,18,22). The molecule has 6 nitrogen and oxygen atoms in total. The molecule has 110 valence electrons. The molecule has 1 heterocycles. The summed E-state index contributed by atoms with van der Waals surface area (Å²) in [5.41, 5.74) is 1.73. The lowest BCUT2D eigenvalue weighted by Crippen LogP contribution is -2.13. The number of carbonyl (C=O) groups excluding carboxylic acids is 1. The van der Waals surface area contributed by atoms with E-state index in [1.165, 1.54) is 29.2 Å². The molecule has 0 aliphatic carbocycles. The van der Waals surface area contributed by atoms with Crippen molar-refractivity contribution < 1.29 is 9.18 Å². The monoisotopic (exact) mass is 409 g/mol. The van der Waals surface area contributed by atoms with Gasteiger partial charge in [0.25, 0.3) is 5.91 Å². The van der Waals surface area contributed by atoms with E-state index in [0.29, 0.717) is 14.8 Å². The van der Waals surface area contributed by atoms with Gasteiger partial charge >= 0.3 is 0 Å². The van der Waals surface area contributed by atoms with Crippen LogP contribution in [-0.2, 0) is 0 Å². The van der Waals surface area contributed by atoms with E-state index in [-0.39, 0.29) is 11.7 Å². The zero-order valence-electron chi connectivity index (χ0n) is 11.1. The van der Waals surface area contributed by atoms with E-state index in [0.717, 1.165) is 5.69 Å². The molecule has 22 heavy (non-hydrogen) atoms. The molecule has 2 aromatic carbocycles. The molecule has 1 aromatic heterocycles. The quantitative estimate of drug-likeness (QED) is 0.676. The highest BCUT2D eigenvalue weighted by molar-refractivity contribution is 14.1. The minimum absolute atomic E-state index is 0.307. The maximum Gasteiger partial charge on any atom is 0.256 e. The first-order valence-electron chi connectivity index (χ1n) is 6.23. The Labute approximate surface area is 138 Å². The van der Waals surface area contributed by atoms with Gasteiger partial charge in [0.05, 0.1) is 11.3 Å². The molecule has 0 fully saturated rings. The van der Waals surface area contributed by atoms with Crippen LogP contribution in [0.5, 0.6) is 0 Å². The number of tetrazole rings is 1. The number of hydrogen-bond donors (Lipinski definition) is 1. The van der Waals surface area contributed by atoms with Crippen LogP contribution in [0, 0.1) is 9.39 Å². The molecule has 1 amide bonds. The first kappa shape index (κ1) is 14.6. The van der Waals surface area contributed by atoms with E-state index in [2.05, 4.69) is 20.8 Å². The average molecular weight is 409 g/mol. The predicted octanol–water partition coefficient (Wildman–Crippen LogP) is 2.66. The minimum Gasteiger partial charge on any atom is -0.322 e. The summed E-state index contributed by atoms with van der Waals surface area (Å²) in [5.74, 6) is -0.681. The van der Waals surface area contributed by atoms with Gasteiger partial charge in [-0.15, -0.1) is 5.10 Å². The van der Waals surface area contributed by atoms with Crippen molar-refractivity contribution in [1.29, 1.82) is 0 Å². The fourth-order valence-corrected chi connectivity index (χ4v) is 2.60. The summed E-state index contributed by atoms with van der Waals surface area (Å²) in [4.78, 5) is 12.3. The maximum absolute atomic E-state index is 13.1. The number of halogens is 2. The van der Waals surface area contributed by atoms with Gasteiger partial charge in [0, 0.05) is 9.26 Å². The van der Waals surface area contributed by atoms with Crippen LogP contribution in [0.25, 0.3) is 5.69 Å². The third-order valence-electron chi connectivity index (χ3n) is 2.89. The van der Waals surface area contributed by atoms with Crippen LogP contribution in [0.2, 0.25) is 0 Å². The van der Waals surface area contributed by atoms with Crippen molar-refractivity contribution in [3.05, 3.63) is 63.7 Å². The second-order valence-corrected chi connectivity index (χ2v) is 5.55. The summed E-state index contributed by atoms with van der Waals surface area (Å²) >= 11 is 1.93. The van der Waals surface area contributed by atoms with Gasteiger partial charge < -0.3 is 5.32 Å². The highest BCUT2D eigenvalue weighted by Gasteiger charge is 2.11. The summed E-state index contributed by atoms with van der Waals surface area (Å²) < 4.78 is 15.1. The summed E-state index contributed by atoms with van der Waals surface area (Å²) in [5, 5.41) is 13.7. The predicted molar refractivity (Wildman–Crippen MR) is 86.2 cm³/mol. The maximum atomic E-state index is 13.1. The van der Waals surface area contributed by atoms with Crippen molar-refractivity contribution in [3.63, 3.8) is 0 Å². The van der Waals surface area contributed by atoms with Crippen molar-refractivity contribution in [3.8, 4) is 5.69 Å². The molecule has 8 heteroatoms. The van der Waals surface area contributed by atoms with Crippen LogP contribution in [-0.4, -0.2) is 26.1 Å². The smallest absolute Gasteiger partial charge is 0.256 e. The third-order valence-corrected chi connectivity index (χ3v) is 3.79. The Morgan fingerprint density at radius 3 is 2.82 bits per heavy atom. The molecule has 0 saturated heterocycles. The first-order valence-corrected chi connectivity index (χ1v) is 7.31. The molecule has 1 N–H and O–H groups in total. The van der Waals surface area contributed by atoms with Gasteiger partial charge in [-0.3, -0.25) is 4.79 Å². The van der Waals surface area contributed by atoms with E-state index in [1.807, 2.05) is 28.7 Å². The van der Waals surface area contributed by atoms with Crippen LogP contribution in [0.15, 0.2) is 48.8 Å². The van der Waals surface area contributed by atoms with Crippen LogP contribution < -0.4 is 5.32 Å². The number of amides is 1. The number of nitrogens with zero attached hydrogens (tertiary/aromatic N) is 4. The second kappa shape index (κ2) is 6.18. The molecule has 0 bridgehead atoms. The number of carbonyl (C=O) groups is 1. The van der Waals surface area contributed by atoms with E-state index in [9.17, 15) is 9.18 Å². The Hall–Kier alpha value is -2.36. The molecule has 0 aliphatic heterocycles. The zero-order valence-corrected chi connectivity index (χ0v) is 13.2. The first-order chi connectivity index (χ1) is 10.6. The molecule has 3 aromatic rings. The molecule has 0 radical (unpaired) electrons. The van der Waals surface area contributed by atoms with E-state index >= 15 is 0 Å². The molecule has 3 rings (SSSR count). The van der Waals surface area contributed by atoms with E-state index in [1.54, 1.807) is 18.2 Å². The average Bonchev–Trinajstić information content (AvgIpc) is 3.01. The van der Waals surface area contributed by atoms with Gasteiger partial charge in [0.15, 0.2) is 0 Å². The normalized spacial score (nSPS) is 10.5. The van der Waals surface area contributed by atoms with Gasteiger partial charge in [-0.1, -0.05) is 6.07 Å². The Morgan fingerprint density at radius 2 is 2.09 bits per heavy atom. The zero-order chi connectivity index (χ0) is 15.5. The Bertz CT molecular complexity index is 822. The van der Waals surface area contributed by atoms with Crippen LogP contribution >= 0.6 is 22.6 Å². The molecule has 0 aliphatic rings. The Kier molecular flexibility index (Phi) is 4.09. The summed E-state index contributed by atoms with van der Waals surface area (Å²) in [6.45, 7) is 0. The van der Waals surface area contributed by atoms with Crippen molar-refractivity contribution in [2.75, 3.05) is 5.32 Å². The van der Waals surface area contributed by atoms with Gasteiger partial charge in [-0.05, 0) is 69.4 Å². The van der Waals surface area contributed by atoms with Gasteiger partial charge in [-0.2, -0.15) is 0 Å². The molecular weight excluding hydrogens is 400 g/mol. The number of benzene rings is 2. The lowest BCUT2D eigenvalue weighted by Gasteiger charge is -2.08. The highest BCUT2D eigenvalue weighted by atomic mass is 127. The van der Waals surface area contributed by atoms with Crippen molar-refractivity contribution >= 4 is 34.2 Å². The Morgan fingerprint density at radius 1 is 1.23 bits per heavy atom. The summed E-state index contributed by atoms with van der Waals surface area (Å²) in [6.07, 6.45) is 1.46. The fraction of sp³-hybridized carbons (Fsp3) is 0. The summed E-state index contributed by atoms with van der Waals surface area (Å²) in [7, 11) is 0.